The average molecular weight is 266 g/mol. The topological polar surface area (TPSA) is 82.2 Å². The van der Waals surface area contributed by atoms with Crippen molar-refractivity contribution in [2.24, 2.45) is 11.7 Å². The van der Waals surface area contributed by atoms with E-state index in [1.165, 1.54) is 0 Å². The minimum Gasteiger partial charge on any atom is -0.376 e. The average Bonchev–Trinajstić information content (AvgIpc) is 3.00. The lowest BCUT2D eigenvalue weighted by molar-refractivity contribution is -0.118. The summed E-state index contributed by atoms with van der Waals surface area (Å²) < 4.78 is 7.35. The number of ether oxygens (including phenoxy) is 1. The van der Waals surface area contributed by atoms with Crippen LogP contribution in [0, 0.1) is 5.92 Å². The van der Waals surface area contributed by atoms with Crippen molar-refractivity contribution in [1.29, 1.82) is 0 Å². The maximum Gasteiger partial charge on any atom is 0.241 e. The van der Waals surface area contributed by atoms with E-state index in [9.17, 15) is 4.79 Å². The Hall–Kier alpha value is -1.40. The van der Waals surface area contributed by atoms with Gasteiger partial charge in [0, 0.05) is 12.8 Å². The third kappa shape index (κ3) is 3.78. The summed E-state index contributed by atoms with van der Waals surface area (Å²) in [7, 11) is 0. The molecule has 106 valence electrons. The van der Waals surface area contributed by atoms with E-state index in [2.05, 4.69) is 10.4 Å². The van der Waals surface area contributed by atoms with Gasteiger partial charge in [0.05, 0.1) is 30.6 Å². The molecule has 0 aliphatic carbocycles. The minimum atomic E-state index is -0.499. The molecule has 1 amide bonds. The van der Waals surface area contributed by atoms with Crippen molar-refractivity contribution in [3.8, 4) is 0 Å². The second-order valence-corrected chi connectivity index (χ2v) is 5.35. The number of nitrogens with one attached hydrogen (secondary N) is 1. The zero-order valence-corrected chi connectivity index (χ0v) is 11.5. The zero-order valence-electron chi connectivity index (χ0n) is 11.5. The SMILES string of the molecule is CC(C)[C@@H](N)C(=O)Nc1cnn(CC2CCCO2)c1. The Morgan fingerprint density at radius 2 is 2.47 bits per heavy atom. The molecule has 1 saturated heterocycles. The summed E-state index contributed by atoms with van der Waals surface area (Å²) >= 11 is 0. The number of carbonyl (C=O) groups is 1. The molecule has 19 heavy (non-hydrogen) atoms. The summed E-state index contributed by atoms with van der Waals surface area (Å²) in [5.41, 5.74) is 6.47. The second kappa shape index (κ2) is 6.16. The van der Waals surface area contributed by atoms with Gasteiger partial charge >= 0.3 is 0 Å². The molecule has 1 aromatic rings. The zero-order chi connectivity index (χ0) is 13.8. The first-order chi connectivity index (χ1) is 9.06. The summed E-state index contributed by atoms with van der Waals surface area (Å²) in [4.78, 5) is 11.8. The van der Waals surface area contributed by atoms with E-state index in [0.717, 1.165) is 26.0 Å². The van der Waals surface area contributed by atoms with Gasteiger partial charge in [-0.1, -0.05) is 13.8 Å². The van der Waals surface area contributed by atoms with E-state index >= 15 is 0 Å². The van der Waals surface area contributed by atoms with E-state index in [4.69, 9.17) is 10.5 Å². The van der Waals surface area contributed by atoms with Crippen LogP contribution in [0.3, 0.4) is 0 Å². The summed E-state index contributed by atoms with van der Waals surface area (Å²) in [6.45, 7) is 5.40. The van der Waals surface area contributed by atoms with E-state index in [1.807, 2.05) is 20.0 Å². The van der Waals surface area contributed by atoms with Gasteiger partial charge in [-0.3, -0.25) is 9.48 Å². The monoisotopic (exact) mass is 266 g/mol. The third-order valence-electron chi connectivity index (χ3n) is 3.34. The molecule has 2 rings (SSSR count). The van der Waals surface area contributed by atoms with Crippen LogP contribution in [0.25, 0.3) is 0 Å². The highest BCUT2D eigenvalue weighted by Gasteiger charge is 2.19. The molecule has 1 aliphatic heterocycles. The van der Waals surface area contributed by atoms with Crippen molar-refractivity contribution in [2.75, 3.05) is 11.9 Å². The van der Waals surface area contributed by atoms with Crippen LogP contribution < -0.4 is 11.1 Å². The molecule has 2 atom stereocenters. The fourth-order valence-corrected chi connectivity index (χ4v) is 2.05. The van der Waals surface area contributed by atoms with E-state index in [-0.39, 0.29) is 17.9 Å². The number of hydrogen-bond donors (Lipinski definition) is 2. The summed E-state index contributed by atoms with van der Waals surface area (Å²) in [6, 6.07) is -0.499. The number of rotatable bonds is 5. The van der Waals surface area contributed by atoms with Gasteiger partial charge in [0.15, 0.2) is 0 Å². The minimum absolute atomic E-state index is 0.113. The highest BCUT2D eigenvalue weighted by Crippen LogP contribution is 2.15. The highest BCUT2D eigenvalue weighted by atomic mass is 16.5. The number of carbonyl (C=O) groups excluding carboxylic acids is 1. The van der Waals surface area contributed by atoms with Crippen LogP contribution in [0.2, 0.25) is 0 Å². The Kier molecular flexibility index (Phi) is 4.55. The largest absolute Gasteiger partial charge is 0.376 e. The van der Waals surface area contributed by atoms with Crippen molar-refractivity contribution in [3.05, 3.63) is 12.4 Å². The second-order valence-electron chi connectivity index (χ2n) is 5.35. The molecule has 0 radical (unpaired) electrons. The quantitative estimate of drug-likeness (QED) is 0.832. The first-order valence-corrected chi connectivity index (χ1v) is 6.77. The van der Waals surface area contributed by atoms with Gasteiger partial charge in [-0.25, -0.2) is 0 Å². The van der Waals surface area contributed by atoms with Gasteiger partial charge in [-0.05, 0) is 18.8 Å². The van der Waals surface area contributed by atoms with Gasteiger partial charge < -0.3 is 15.8 Å². The molecule has 1 unspecified atom stereocenters. The Bertz CT molecular complexity index is 424. The normalized spacial score (nSPS) is 20.7. The predicted molar refractivity (Wildman–Crippen MR) is 72.6 cm³/mol. The van der Waals surface area contributed by atoms with Crippen LogP contribution in [-0.2, 0) is 16.1 Å². The van der Waals surface area contributed by atoms with Crippen molar-refractivity contribution < 1.29 is 9.53 Å². The number of nitrogens with two attached hydrogens (primary N) is 1. The maximum absolute atomic E-state index is 11.8. The van der Waals surface area contributed by atoms with Crippen LogP contribution in [0.4, 0.5) is 5.69 Å². The Morgan fingerprint density at radius 1 is 1.68 bits per heavy atom. The molecule has 0 saturated carbocycles. The fourth-order valence-electron chi connectivity index (χ4n) is 2.05. The standard InChI is InChI=1S/C13H22N4O2/c1-9(2)12(14)13(18)16-10-6-15-17(7-10)8-11-4-3-5-19-11/h6-7,9,11-12H,3-5,8,14H2,1-2H3,(H,16,18)/t11?,12-/m1/s1. The van der Waals surface area contributed by atoms with Gasteiger partial charge in [0.2, 0.25) is 5.91 Å². The van der Waals surface area contributed by atoms with E-state index < -0.39 is 6.04 Å². The number of hydrogen-bond acceptors (Lipinski definition) is 4. The molecular weight excluding hydrogens is 244 g/mol. The lowest BCUT2D eigenvalue weighted by Crippen LogP contribution is -2.39. The Morgan fingerprint density at radius 3 is 3.11 bits per heavy atom. The Balaban J connectivity index is 1.88. The maximum atomic E-state index is 11.8. The number of aromatic nitrogens is 2. The smallest absolute Gasteiger partial charge is 0.241 e. The van der Waals surface area contributed by atoms with Crippen LogP contribution in [0.15, 0.2) is 12.4 Å². The lowest BCUT2D eigenvalue weighted by atomic mass is 10.1. The number of nitrogens with zero attached hydrogens (tertiary/aromatic N) is 2. The van der Waals surface area contributed by atoms with Crippen LogP contribution >= 0.6 is 0 Å². The molecule has 6 nitrogen and oxygen atoms in total. The molecule has 1 aliphatic rings. The summed E-state index contributed by atoms with van der Waals surface area (Å²) in [5, 5.41) is 7.00. The van der Waals surface area contributed by atoms with Gasteiger partial charge in [0.1, 0.15) is 0 Å². The van der Waals surface area contributed by atoms with Crippen LogP contribution in [0.1, 0.15) is 26.7 Å². The first kappa shape index (κ1) is 14.0. The molecule has 1 aromatic heterocycles. The van der Waals surface area contributed by atoms with Crippen molar-refractivity contribution in [1.82, 2.24) is 9.78 Å². The van der Waals surface area contributed by atoms with Crippen molar-refractivity contribution in [3.63, 3.8) is 0 Å². The highest BCUT2D eigenvalue weighted by molar-refractivity contribution is 5.94. The lowest BCUT2D eigenvalue weighted by Gasteiger charge is -2.14. The number of amides is 1. The summed E-state index contributed by atoms with van der Waals surface area (Å²) in [5.74, 6) is -0.0615. The molecule has 0 aromatic carbocycles. The first-order valence-electron chi connectivity index (χ1n) is 6.77. The number of anilines is 1. The van der Waals surface area contributed by atoms with Crippen molar-refractivity contribution >= 4 is 11.6 Å². The van der Waals surface area contributed by atoms with Gasteiger partial charge in [-0.15, -0.1) is 0 Å². The molecular formula is C13H22N4O2. The molecule has 2 heterocycles. The fraction of sp³-hybridized carbons (Fsp3) is 0.692. The van der Waals surface area contributed by atoms with Crippen molar-refractivity contribution in [2.45, 2.75) is 45.4 Å². The van der Waals surface area contributed by atoms with E-state index in [1.54, 1.807) is 10.9 Å². The third-order valence-corrected chi connectivity index (χ3v) is 3.34. The van der Waals surface area contributed by atoms with Crippen LogP contribution in [0.5, 0.6) is 0 Å². The van der Waals surface area contributed by atoms with Crippen LogP contribution in [-0.4, -0.2) is 34.4 Å². The molecule has 6 heteroatoms. The van der Waals surface area contributed by atoms with E-state index in [0.29, 0.717) is 5.69 Å². The van der Waals surface area contributed by atoms with Gasteiger partial charge in [-0.2, -0.15) is 5.10 Å². The Labute approximate surface area is 113 Å². The molecule has 0 bridgehead atoms. The molecule has 3 N–H and O–H groups in total. The van der Waals surface area contributed by atoms with Gasteiger partial charge in [0.25, 0.3) is 0 Å². The molecule has 1 fully saturated rings. The molecule has 0 spiro atoms. The summed E-state index contributed by atoms with van der Waals surface area (Å²) in [6.07, 6.45) is 5.87. The predicted octanol–water partition coefficient (Wildman–Crippen LogP) is 0.984.